The summed E-state index contributed by atoms with van der Waals surface area (Å²) in [4.78, 5) is 0. The Morgan fingerprint density at radius 2 is 2.00 bits per heavy atom. The lowest BCUT2D eigenvalue weighted by molar-refractivity contribution is -0.0950. The van der Waals surface area contributed by atoms with Crippen LogP contribution in [0.5, 0.6) is 0 Å². The van der Waals surface area contributed by atoms with E-state index in [4.69, 9.17) is 5.73 Å². The molecule has 0 heterocycles. The fourth-order valence-corrected chi connectivity index (χ4v) is 1.09. The van der Waals surface area contributed by atoms with Gasteiger partial charge in [-0.25, -0.2) is 0 Å². The van der Waals surface area contributed by atoms with Gasteiger partial charge in [0, 0.05) is 11.3 Å². The predicted molar refractivity (Wildman–Crippen MR) is 40.2 cm³/mol. The Bertz CT molecular complexity index is 237. The molecule has 1 aliphatic rings. The molecular weight excluding hydrogens is 167 g/mol. The van der Waals surface area contributed by atoms with Gasteiger partial charge in [0.15, 0.2) is 0 Å². The van der Waals surface area contributed by atoms with Crippen molar-refractivity contribution in [2.45, 2.75) is 19.5 Å². The minimum absolute atomic E-state index is 0.00810. The summed E-state index contributed by atoms with van der Waals surface area (Å²) >= 11 is 0. The van der Waals surface area contributed by atoms with Crippen LogP contribution < -0.4 is 5.73 Å². The molecule has 1 atom stereocenters. The van der Waals surface area contributed by atoms with Gasteiger partial charge in [0.2, 0.25) is 0 Å². The molecule has 0 aromatic carbocycles. The molecule has 0 saturated heterocycles. The van der Waals surface area contributed by atoms with Gasteiger partial charge in [0.25, 0.3) is 0 Å². The molecule has 4 heteroatoms. The van der Waals surface area contributed by atoms with Crippen LogP contribution in [-0.2, 0) is 0 Å². The minimum atomic E-state index is -4.20. The van der Waals surface area contributed by atoms with Gasteiger partial charge >= 0.3 is 6.18 Å². The van der Waals surface area contributed by atoms with Crippen molar-refractivity contribution in [1.29, 1.82) is 0 Å². The molecule has 1 unspecified atom stereocenters. The third-order valence-electron chi connectivity index (χ3n) is 1.94. The van der Waals surface area contributed by atoms with Crippen LogP contribution >= 0.6 is 0 Å². The molecule has 0 aromatic heterocycles. The van der Waals surface area contributed by atoms with E-state index in [1.165, 1.54) is 6.08 Å². The largest absolute Gasteiger partial charge is 0.412 e. The SMILES string of the molecule is CC1CC(C(F)(F)F)=CC=C1N. The lowest BCUT2D eigenvalue weighted by atomic mass is 9.93. The van der Waals surface area contributed by atoms with Crippen molar-refractivity contribution in [3.63, 3.8) is 0 Å². The van der Waals surface area contributed by atoms with E-state index in [1.54, 1.807) is 6.92 Å². The first-order chi connectivity index (χ1) is 5.41. The smallest absolute Gasteiger partial charge is 0.402 e. The number of alkyl halides is 3. The Kier molecular flexibility index (Phi) is 2.17. The normalized spacial score (nSPS) is 24.8. The molecular formula is C8H10F3N. The van der Waals surface area contributed by atoms with E-state index < -0.39 is 11.7 Å². The minimum Gasteiger partial charge on any atom is -0.402 e. The Morgan fingerprint density at radius 3 is 2.42 bits per heavy atom. The molecule has 68 valence electrons. The van der Waals surface area contributed by atoms with Crippen LogP contribution in [0.1, 0.15) is 13.3 Å². The van der Waals surface area contributed by atoms with Gasteiger partial charge in [-0.05, 0) is 18.4 Å². The Morgan fingerprint density at radius 1 is 1.42 bits per heavy atom. The number of halogens is 3. The van der Waals surface area contributed by atoms with Crippen molar-refractivity contribution in [1.82, 2.24) is 0 Å². The summed E-state index contributed by atoms with van der Waals surface area (Å²) in [7, 11) is 0. The molecule has 12 heavy (non-hydrogen) atoms. The van der Waals surface area contributed by atoms with E-state index >= 15 is 0 Å². The van der Waals surface area contributed by atoms with E-state index in [-0.39, 0.29) is 12.3 Å². The monoisotopic (exact) mass is 177 g/mol. The second kappa shape index (κ2) is 2.84. The van der Waals surface area contributed by atoms with E-state index in [2.05, 4.69) is 0 Å². The summed E-state index contributed by atoms with van der Waals surface area (Å²) < 4.78 is 36.3. The van der Waals surface area contributed by atoms with Crippen LogP contribution in [0, 0.1) is 5.92 Å². The quantitative estimate of drug-likeness (QED) is 0.603. The Labute approximate surface area is 68.7 Å². The van der Waals surface area contributed by atoms with Crippen molar-refractivity contribution < 1.29 is 13.2 Å². The first kappa shape index (κ1) is 9.16. The molecule has 0 saturated carbocycles. The second-order valence-corrected chi connectivity index (χ2v) is 2.96. The average Bonchev–Trinajstić information content (AvgIpc) is 1.92. The average molecular weight is 177 g/mol. The van der Waals surface area contributed by atoms with Crippen molar-refractivity contribution in [2.24, 2.45) is 11.7 Å². The van der Waals surface area contributed by atoms with Crippen LogP contribution in [0.3, 0.4) is 0 Å². The summed E-state index contributed by atoms with van der Waals surface area (Å²) in [6.07, 6.45) is -1.83. The van der Waals surface area contributed by atoms with Crippen LogP contribution in [-0.4, -0.2) is 6.18 Å². The molecule has 0 bridgehead atoms. The topological polar surface area (TPSA) is 26.0 Å². The molecule has 0 spiro atoms. The van der Waals surface area contributed by atoms with Gasteiger partial charge in [-0.15, -0.1) is 0 Å². The van der Waals surface area contributed by atoms with E-state index in [9.17, 15) is 13.2 Å². The fourth-order valence-electron chi connectivity index (χ4n) is 1.09. The van der Waals surface area contributed by atoms with Crippen molar-refractivity contribution in [3.05, 3.63) is 23.4 Å². The number of rotatable bonds is 0. The van der Waals surface area contributed by atoms with Crippen LogP contribution in [0.4, 0.5) is 13.2 Å². The highest BCUT2D eigenvalue weighted by molar-refractivity contribution is 5.26. The third kappa shape index (κ3) is 1.81. The molecule has 1 nitrogen and oxygen atoms in total. The third-order valence-corrected chi connectivity index (χ3v) is 1.94. The lowest BCUT2D eigenvalue weighted by Crippen LogP contribution is -2.20. The molecule has 0 aliphatic heterocycles. The second-order valence-electron chi connectivity index (χ2n) is 2.96. The zero-order chi connectivity index (χ0) is 9.35. The molecule has 0 aromatic rings. The maximum Gasteiger partial charge on any atom is 0.412 e. The first-order valence-electron chi connectivity index (χ1n) is 3.64. The number of hydrogen-bond donors (Lipinski definition) is 1. The summed E-state index contributed by atoms with van der Waals surface area (Å²) in [5.41, 5.74) is 5.45. The lowest BCUT2D eigenvalue weighted by Gasteiger charge is -2.20. The Balaban J connectivity index is 2.84. The van der Waals surface area contributed by atoms with Gasteiger partial charge in [-0.2, -0.15) is 13.2 Å². The van der Waals surface area contributed by atoms with E-state index in [1.807, 2.05) is 0 Å². The summed E-state index contributed by atoms with van der Waals surface area (Å²) in [5, 5.41) is 0. The van der Waals surface area contributed by atoms with Crippen LogP contribution in [0.15, 0.2) is 23.4 Å². The maximum absolute atomic E-state index is 12.1. The summed E-state index contributed by atoms with van der Waals surface area (Å²) in [5.74, 6) is -0.202. The summed E-state index contributed by atoms with van der Waals surface area (Å²) in [6, 6.07) is 0. The molecule has 0 fully saturated rings. The fraction of sp³-hybridized carbons (Fsp3) is 0.500. The zero-order valence-electron chi connectivity index (χ0n) is 6.65. The number of hydrogen-bond acceptors (Lipinski definition) is 1. The van der Waals surface area contributed by atoms with Crippen molar-refractivity contribution in [2.75, 3.05) is 0 Å². The highest BCUT2D eigenvalue weighted by atomic mass is 19.4. The number of allylic oxidation sites excluding steroid dienone is 4. The highest BCUT2D eigenvalue weighted by Crippen LogP contribution is 2.34. The van der Waals surface area contributed by atoms with Crippen LogP contribution in [0.25, 0.3) is 0 Å². The predicted octanol–water partition coefficient (Wildman–Crippen LogP) is 2.36. The van der Waals surface area contributed by atoms with Gasteiger partial charge < -0.3 is 5.73 Å². The molecule has 2 N–H and O–H groups in total. The molecule has 0 radical (unpaired) electrons. The van der Waals surface area contributed by atoms with E-state index in [0.717, 1.165) is 6.08 Å². The maximum atomic E-state index is 12.1. The molecule has 1 rings (SSSR count). The van der Waals surface area contributed by atoms with Crippen molar-refractivity contribution >= 4 is 0 Å². The number of nitrogens with two attached hydrogens (primary N) is 1. The van der Waals surface area contributed by atoms with Gasteiger partial charge in [-0.1, -0.05) is 13.0 Å². The zero-order valence-corrected chi connectivity index (χ0v) is 6.65. The standard InChI is InChI=1S/C8H10F3N/c1-5-4-6(8(9,10)11)2-3-7(5)12/h2-3,5H,4,12H2,1H3. The van der Waals surface area contributed by atoms with E-state index in [0.29, 0.717) is 5.70 Å². The molecule has 0 amide bonds. The highest BCUT2D eigenvalue weighted by Gasteiger charge is 2.35. The Hall–Kier alpha value is -0.930. The summed E-state index contributed by atoms with van der Waals surface area (Å²) in [6.45, 7) is 1.69. The van der Waals surface area contributed by atoms with Gasteiger partial charge in [0.05, 0.1) is 0 Å². The molecule has 1 aliphatic carbocycles. The first-order valence-corrected chi connectivity index (χ1v) is 3.64. The van der Waals surface area contributed by atoms with Gasteiger partial charge in [0.1, 0.15) is 0 Å². The van der Waals surface area contributed by atoms with Crippen LogP contribution in [0.2, 0.25) is 0 Å². The van der Waals surface area contributed by atoms with Crippen molar-refractivity contribution in [3.8, 4) is 0 Å². The van der Waals surface area contributed by atoms with Gasteiger partial charge in [-0.3, -0.25) is 0 Å².